The van der Waals surface area contributed by atoms with E-state index in [1.54, 1.807) is 36.1 Å². The van der Waals surface area contributed by atoms with Gasteiger partial charge in [-0.1, -0.05) is 31.4 Å². The minimum Gasteiger partial charge on any atom is -0.334 e. The third kappa shape index (κ3) is 5.13. The number of amides is 2. The van der Waals surface area contributed by atoms with E-state index in [0.29, 0.717) is 23.9 Å². The molecule has 3 saturated heterocycles. The van der Waals surface area contributed by atoms with E-state index in [-0.39, 0.29) is 22.9 Å². The number of hydrogen-bond acceptors (Lipinski definition) is 3. The van der Waals surface area contributed by atoms with Crippen molar-refractivity contribution >= 4 is 11.8 Å². The predicted octanol–water partition coefficient (Wildman–Crippen LogP) is 6.53. The maximum atomic E-state index is 12.6. The van der Waals surface area contributed by atoms with Crippen molar-refractivity contribution in [1.82, 2.24) is 15.1 Å². The molecular weight excluding hydrogens is 470 g/mol. The van der Waals surface area contributed by atoms with Crippen LogP contribution in [0.15, 0.2) is 22.3 Å². The Balaban J connectivity index is 1.33. The molecule has 2 amide bonds. The summed E-state index contributed by atoms with van der Waals surface area (Å²) in [7, 11) is 0. The quantitative estimate of drug-likeness (QED) is 0.426. The van der Waals surface area contributed by atoms with Gasteiger partial charge in [0, 0.05) is 39.0 Å². The van der Waals surface area contributed by atoms with Crippen molar-refractivity contribution in [2.24, 2.45) is 11.8 Å². The number of rotatable bonds is 4. The van der Waals surface area contributed by atoms with E-state index in [1.165, 1.54) is 32.1 Å². The van der Waals surface area contributed by atoms with Crippen LogP contribution in [0.1, 0.15) is 125 Å². The Hall–Kier alpha value is -1.62. The predicted molar refractivity (Wildman–Crippen MR) is 155 cm³/mol. The molecule has 0 radical (unpaired) electrons. The average Bonchev–Trinajstić information content (AvgIpc) is 2.82. The van der Waals surface area contributed by atoms with Gasteiger partial charge in [0.25, 0.3) is 0 Å². The molecule has 2 aliphatic carbocycles. The minimum atomic E-state index is -0.0795. The van der Waals surface area contributed by atoms with Crippen molar-refractivity contribution in [2.75, 3.05) is 13.1 Å². The first-order valence-electron chi connectivity index (χ1n) is 15.8. The van der Waals surface area contributed by atoms with Crippen molar-refractivity contribution in [3.05, 3.63) is 22.3 Å². The van der Waals surface area contributed by atoms with Crippen molar-refractivity contribution in [3.63, 3.8) is 0 Å². The van der Waals surface area contributed by atoms with Crippen LogP contribution in [0.3, 0.4) is 0 Å². The molecule has 3 heterocycles. The van der Waals surface area contributed by atoms with Crippen LogP contribution in [0.5, 0.6) is 0 Å². The molecule has 6 atom stereocenters. The molecule has 5 heteroatoms. The molecule has 5 rings (SSSR count). The second kappa shape index (κ2) is 10.7. The van der Waals surface area contributed by atoms with Gasteiger partial charge in [-0.15, -0.1) is 0 Å². The zero-order chi connectivity index (χ0) is 27.2. The first-order chi connectivity index (χ1) is 18.0. The van der Waals surface area contributed by atoms with Gasteiger partial charge in [0.1, 0.15) is 0 Å². The van der Waals surface area contributed by atoms with Gasteiger partial charge in [-0.25, -0.2) is 0 Å². The minimum absolute atomic E-state index is 0.0795. The van der Waals surface area contributed by atoms with Crippen LogP contribution >= 0.6 is 0 Å². The number of nitrogens with zero attached hydrogens (tertiary/aromatic N) is 2. The Morgan fingerprint density at radius 3 is 1.58 bits per heavy atom. The molecule has 1 N–H and O–H groups in total. The molecule has 0 spiro atoms. The van der Waals surface area contributed by atoms with E-state index in [1.807, 2.05) is 0 Å². The maximum absolute atomic E-state index is 12.6. The van der Waals surface area contributed by atoms with Gasteiger partial charge in [0.2, 0.25) is 11.8 Å². The number of nitrogens with one attached hydrogen (secondary N) is 1. The van der Waals surface area contributed by atoms with Crippen LogP contribution in [-0.4, -0.2) is 57.9 Å². The summed E-state index contributed by atoms with van der Waals surface area (Å²) in [5, 5.41) is 4.13. The number of piperidine rings is 3. The summed E-state index contributed by atoms with van der Waals surface area (Å²) in [6, 6.07) is 1.08. The van der Waals surface area contributed by atoms with E-state index in [4.69, 9.17) is 0 Å². The maximum Gasteiger partial charge on any atom is 0.220 e. The zero-order valence-corrected chi connectivity index (χ0v) is 25.1. The third-order valence-electron chi connectivity index (χ3n) is 11.0. The molecule has 3 fully saturated rings. The van der Waals surface area contributed by atoms with Crippen LogP contribution in [0.2, 0.25) is 0 Å². The molecule has 0 saturated carbocycles. The first kappa shape index (κ1) is 27.9. The number of fused-ring (bicyclic) bond motifs is 2. The Kier molecular flexibility index (Phi) is 7.90. The summed E-state index contributed by atoms with van der Waals surface area (Å²) >= 11 is 0. The van der Waals surface area contributed by atoms with Crippen LogP contribution in [0.4, 0.5) is 0 Å². The number of likely N-dealkylation sites (tertiary alicyclic amines) is 2. The molecule has 0 unspecified atom stereocenters. The van der Waals surface area contributed by atoms with Gasteiger partial charge in [-0.2, -0.15) is 0 Å². The van der Waals surface area contributed by atoms with Crippen molar-refractivity contribution in [3.8, 4) is 0 Å². The summed E-state index contributed by atoms with van der Waals surface area (Å²) in [6.45, 7) is 14.8. The molecular formula is C33H53N3O2. The van der Waals surface area contributed by atoms with E-state index >= 15 is 0 Å². The van der Waals surface area contributed by atoms with Crippen LogP contribution in [-0.2, 0) is 9.59 Å². The number of carbonyl (C=O) groups excluding carboxylic acids is 2. The van der Waals surface area contributed by atoms with Gasteiger partial charge in [-0.05, 0) is 114 Å². The van der Waals surface area contributed by atoms with Gasteiger partial charge < -0.3 is 15.1 Å². The second-order valence-corrected chi connectivity index (χ2v) is 14.2. The van der Waals surface area contributed by atoms with E-state index < -0.39 is 0 Å². The molecule has 0 aromatic rings. The highest BCUT2D eigenvalue weighted by Gasteiger charge is 2.46. The fraction of sp³-hybridized carbons (Fsp3) is 0.818. The Morgan fingerprint density at radius 1 is 0.763 bits per heavy atom. The smallest absolute Gasteiger partial charge is 0.220 e. The lowest BCUT2D eigenvalue weighted by atomic mass is 9.67. The summed E-state index contributed by atoms with van der Waals surface area (Å²) in [5.41, 5.74) is 6.33. The zero-order valence-electron chi connectivity index (χ0n) is 25.1. The van der Waals surface area contributed by atoms with Crippen LogP contribution in [0, 0.1) is 11.8 Å². The highest BCUT2D eigenvalue weighted by Crippen LogP contribution is 2.48. The Bertz CT molecular complexity index is 936. The normalized spacial score (nSPS) is 38.2. The SMILES string of the molecule is CC(=O)N1CCCC2=C(C[C@H]3CCC[C@@H](CC4=C5CCCN(C(C)=O)[C@]5(C)C[C@H](C)C4)N3)C[C@@H](C)C[C@]21C. The Labute approximate surface area is 231 Å². The third-order valence-corrected chi connectivity index (χ3v) is 11.0. The number of carbonyl (C=O) groups is 2. The monoisotopic (exact) mass is 523 g/mol. The molecule has 38 heavy (non-hydrogen) atoms. The fourth-order valence-electron chi connectivity index (χ4n) is 9.81. The molecule has 3 aliphatic heterocycles. The topological polar surface area (TPSA) is 52.7 Å². The summed E-state index contributed by atoms with van der Waals surface area (Å²) in [6.07, 6.45) is 15.3. The fourth-order valence-corrected chi connectivity index (χ4v) is 9.81. The van der Waals surface area contributed by atoms with Gasteiger partial charge in [-0.3, -0.25) is 9.59 Å². The summed E-state index contributed by atoms with van der Waals surface area (Å²) < 4.78 is 0. The Morgan fingerprint density at radius 2 is 1.18 bits per heavy atom. The standard InChI is InChI=1S/C33H53N3O2/c1-22-16-26(30-12-8-14-35(24(3)37)32(30,5)20-22)18-28-10-7-11-29(34-28)19-27-17-23(2)21-33(6)31(27)13-9-15-36(33)25(4)38/h22-23,28-29,34H,7-21H2,1-6H3/t22-,23-,28-,29+,32-,33-/m1/s1. The van der Waals surface area contributed by atoms with Gasteiger partial charge >= 0.3 is 0 Å². The molecule has 212 valence electrons. The summed E-state index contributed by atoms with van der Waals surface area (Å²) in [4.78, 5) is 29.5. The lowest BCUT2D eigenvalue weighted by molar-refractivity contribution is -0.136. The van der Waals surface area contributed by atoms with Gasteiger partial charge in [0.05, 0.1) is 11.1 Å². The van der Waals surface area contributed by atoms with E-state index in [9.17, 15) is 9.59 Å². The van der Waals surface area contributed by atoms with Crippen LogP contribution in [0.25, 0.3) is 0 Å². The van der Waals surface area contributed by atoms with Crippen molar-refractivity contribution in [2.45, 2.75) is 148 Å². The first-order valence-corrected chi connectivity index (χ1v) is 15.8. The van der Waals surface area contributed by atoms with Gasteiger partial charge in [0.15, 0.2) is 0 Å². The highest BCUT2D eigenvalue weighted by molar-refractivity contribution is 5.76. The highest BCUT2D eigenvalue weighted by atomic mass is 16.2. The van der Waals surface area contributed by atoms with E-state index in [0.717, 1.165) is 64.5 Å². The molecule has 5 aliphatic rings. The lowest BCUT2D eigenvalue weighted by Gasteiger charge is -2.52. The van der Waals surface area contributed by atoms with Crippen molar-refractivity contribution < 1.29 is 9.59 Å². The van der Waals surface area contributed by atoms with Crippen molar-refractivity contribution in [1.29, 1.82) is 0 Å². The molecule has 5 nitrogen and oxygen atoms in total. The van der Waals surface area contributed by atoms with Crippen LogP contribution < -0.4 is 5.32 Å². The van der Waals surface area contributed by atoms with E-state index in [2.05, 4.69) is 42.8 Å². The second-order valence-electron chi connectivity index (χ2n) is 14.2. The average molecular weight is 524 g/mol. The largest absolute Gasteiger partial charge is 0.334 e. The molecule has 0 aromatic carbocycles. The molecule has 0 bridgehead atoms. The lowest BCUT2D eigenvalue weighted by Crippen LogP contribution is -2.56. The number of hydrogen-bond donors (Lipinski definition) is 1. The summed E-state index contributed by atoms with van der Waals surface area (Å²) in [5.74, 6) is 1.73. The molecule has 0 aromatic heterocycles.